The second-order valence-electron chi connectivity index (χ2n) is 6.99. The lowest BCUT2D eigenvalue weighted by Gasteiger charge is -2.20. The highest BCUT2D eigenvalue weighted by Crippen LogP contribution is 2.32. The van der Waals surface area contributed by atoms with E-state index in [1.54, 1.807) is 22.3 Å². The molecule has 0 heteroatoms. The first-order valence-electron chi connectivity index (χ1n) is 9.67. The Morgan fingerprint density at radius 3 is 2.52 bits per heavy atom. The fraction of sp³-hybridized carbons (Fsp3) is 0.565. The molecule has 0 aliphatic heterocycles. The van der Waals surface area contributed by atoms with Crippen LogP contribution < -0.4 is 0 Å². The van der Waals surface area contributed by atoms with Gasteiger partial charge in [-0.3, -0.25) is 0 Å². The molecule has 0 N–H and O–H groups in total. The Morgan fingerprint density at radius 2 is 1.78 bits per heavy atom. The molecular weight excluding hydrogens is 276 g/mol. The van der Waals surface area contributed by atoms with Crippen LogP contribution in [0.25, 0.3) is 0 Å². The molecular formula is C23H34. The Labute approximate surface area is 143 Å². The van der Waals surface area contributed by atoms with Gasteiger partial charge in [-0.1, -0.05) is 62.3 Å². The van der Waals surface area contributed by atoms with Crippen molar-refractivity contribution in [3.63, 3.8) is 0 Å². The summed E-state index contributed by atoms with van der Waals surface area (Å²) in [5, 5.41) is 0. The van der Waals surface area contributed by atoms with Crippen LogP contribution >= 0.6 is 0 Å². The molecule has 0 heterocycles. The van der Waals surface area contributed by atoms with Crippen LogP contribution in [-0.4, -0.2) is 0 Å². The summed E-state index contributed by atoms with van der Waals surface area (Å²) in [6.07, 6.45) is 23.2. The van der Waals surface area contributed by atoms with E-state index in [2.05, 4.69) is 44.7 Å². The van der Waals surface area contributed by atoms with Crippen molar-refractivity contribution in [2.45, 2.75) is 84.5 Å². The van der Waals surface area contributed by atoms with Gasteiger partial charge < -0.3 is 0 Å². The molecule has 2 rings (SSSR count). The molecule has 0 saturated carbocycles. The summed E-state index contributed by atoms with van der Waals surface area (Å²) in [6, 6.07) is 0. The lowest BCUT2D eigenvalue weighted by atomic mass is 9.86. The zero-order chi connectivity index (χ0) is 16.5. The van der Waals surface area contributed by atoms with Gasteiger partial charge in [-0.15, -0.1) is 0 Å². The smallest absolute Gasteiger partial charge is 0.00705 e. The minimum atomic E-state index is 1.08. The highest BCUT2D eigenvalue weighted by molar-refractivity contribution is 5.38. The van der Waals surface area contributed by atoms with Crippen molar-refractivity contribution in [3.05, 3.63) is 58.7 Å². The molecule has 0 spiro atoms. The number of rotatable bonds is 9. The van der Waals surface area contributed by atoms with Gasteiger partial charge in [-0.25, -0.2) is 0 Å². The molecule has 0 radical (unpaired) electrons. The van der Waals surface area contributed by atoms with Gasteiger partial charge in [0.05, 0.1) is 0 Å². The van der Waals surface area contributed by atoms with Crippen LogP contribution in [-0.2, 0) is 0 Å². The molecule has 2 aliphatic carbocycles. The van der Waals surface area contributed by atoms with Crippen molar-refractivity contribution in [2.75, 3.05) is 0 Å². The molecule has 0 nitrogen and oxygen atoms in total. The van der Waals surface area contributed by atoms with Gasteiger partial charge in [0, 0.05) is 0 Å². The minimum Gasteiger partial charge on any atom is -0.0995 e. The van der Waals surface area contributed by atoms with Crippen molar-refractivity contribution in [3.8, 4) is 0 Å². The SMILES string of the molecule is C=C(CC)CC1=CCCC=C1CCC1=C(CCCC)CCC=C1. The normalized spacial score (nSPS) is 18.0. The van der Waals surface area contributed by atoms with Crippen molar-refractivity contribution in [1.82, 2.24) is 0 Å². The van der Waals surface area contributed by atoms with Crippen molar-refractivity contribution in [1.29, 1.82) is 0 Å². The standard InChI is InChI=1S/C23H34/c1-4-6-11-20-12-7-8-13-21(20)16-17-22-14-9-10-15-23(22)18-19(3)5-2/h8,13-15H,3-7,9-12,16-18H2,1-2H3. The van der Waals surface area contributed by atoms with Crippen LogP contribution in [0.15, 0.2) is 58.7 Å². The highest BCUT2D eigenvalue weighted by Gasteiger charge is 2.13. The minimum absolute atomic E-state index is 1.08. The van der Waals surface area contributed by atoms with E-state index in [9.17, 15) is 0 Å². The zero-order valence-electron chi connectivity index (χ0n) is 15.3. The first-order valence-corrected chi connectivity index (χ1v) is 9.67. The predicted octanol–water partition coefficient (Wildman–Crippen LogP) is 7.61. The third kappa shape index (κ3) is 5.68. The van der Waals surface area contributed by atoms with E-state index in [-0.39, 0.29) is 0 Å². The quantitative estimate of drug-likeness (QED) is 0.384. The number of hydrogen-bond donors (Lipinski definition) is 0. The van der Waals surface area contributed by atoms with Crippen LogP contribution in [0, 0.1) is 0 Å². The van der Waals surface area contributed by atoms with Gasteiger partial charge in [0.1, 0.15) is 0 Å². The van der Waals surface area contributed by atoms with Gasteiger partial charge in [0.15, 0.2) is 0 Å². The zero-order valence-corrected chi connectivity index (χ0v) is 15.3. The average molecular weight is 311 g/mol. The summed E-state index contributed by atoms with van der Waals surface area (Å²) < 4.78 is 0. The van der Waals surface area contributed by atoms with Gasteiger partial charge in [-0.05, 0) is 80.9 Å². The van der Waals surface area contributed by atoms with E-state index in [0.29, 0.717) is 0 Å². The second-order valence-corrected chi connectivity index (χ2v) is 6.99. The summed E-state index contributed by atoms with van der Waals surface area (Å²) in [7, 11) is 0. The van der Waals surface area contributed by atoms with E-state index in [1.165, 1.54) is 63.4 Å². The molecule has 0 saturated heterocycles. The predicted molar refractivity (Wildman–Crippen MR) is 104 cm³/mol. The molecule has 0 fully saturated rings. The highest BCUT2D eigenvalue weighted by atomic mass is 14.2. The first kappa shape index (κ1) is 18.0. The largest absolute Gasteiger partial charge is 0.0995 e. The van der Waals surface area contributed by atoms with E-state index in [4.69, 9.17) is 0 Å². The summed E-state index contributed by atoms with van der Waals surface area (Å²) >= 11 is 0. The molecule has 0 amide bonds. The van der Waals surface area contributed by atoms with Crippen LogP contribution in [0.4, 0.5) is 0 Å². The van der Waals surface area contributed by atoms with Crippen LogP contribution in [0.2, 0.25) is 0 Å². The molecule has 0 aromatic rings. The fourth-order valence-electron chi connectivity index (χ4n) is 3.59. The van der Waals surface area contributed by atoms with Gasteiger partial charge in [0.2, 0.25) is 0 Å². The Bertz CT molecular complexity index is 522. The topological polar surface area (TPSA) is 0 Å². The van der Waals surface area contributed by atoms with Gasteiger partial charge in [-0.2, -0.15) is 0 Å². The Balaban J connectivity index is 1.98. The average Bonchev–Trinajstić information content (AvgIpc) is 2.59. The number of unbranched alkanes of at least 4 members (excludes halogenated alkanes) is 1. The molecule has 0 bridgehead atoms. The maximum atomic E-state index is 4.21. The molecule has 2 aliphatic rings. The van der Waals surface area contributed by atoms with Gasteiger partial charge >= 0.3 is 0 Å². The summed E-state index contributed by atoms with van der Waals surface area (Å²) in [4.78, 5) is 0. The summed E-state index contributed by atoms with van der Waals surface area (Å²) in [5.41, 5.74) is 7.87. The van der Waals surface area contributed by atoms with E-state index in [0.717, 1.165) is 12.8 Å². The number of hydrogen-bond acceptors (Lipinski definition) is 0. The Kier molecular flexibility index (Phi) is 7.65. The Hall–Kier alpha value is -1.30. The van der Waals surface area contributed by atoms with Crippen molar-refractivity contribution in [2.24, 2.45) is 0 Å². The molecule has 0 unspecified atom stereocenters. The van der Waals surface area contributed by atoms with E-state index in [1.807, 2.05) is 0 Å². The van der Waals surface area contributed by atoms with Gasteiger partial charge in [0.25, 0.3) is 0 Å². The maximum Gasteiger partial charge on any atom is -0.00705 e. The summed E-state index contributed by atoms with van der Waals surface area (Å²) in [5.74, 6) is 0. The molecule has 126 valence electrons. The second kappa shape index (κ2) is 9.75. The lowest BCUT2D eigenvalue weighted by molar-refractivity contribution is 0.730. The Morgan fingerprint density at radius 1 is 1.00 bits per heavy atom. The van der Waals surface area contributed by atoms with E-state index < -0.39 is 0 Å². The van der Waals surface area contributed by atoms with Crippen molar-refractivity contribution >= 4 is 0 Å². The van der Waals surface area contributed by atoms with Crippen LogP contribution in [0.1, 0.15) is 84.5 Å². The maximum absolute atomic E-state index is 4.21. The van der Waals surface area contributed by atoms with Crippen LogP contribution in [0.3, 0.4) is 0 Å². The van der Waals surface area contributed by atoms with Crippen LogP contribution in [0.5, 0.6) is 0 Å². The third-order valence-electron chi connectivity index (χ3n) is 5.18. The first-order chi connectivity index (χ1) is 11.2. The molecule has 0 aromatic heterocycles. The third-order valence-corrected chi connectivity index (χ3v) is 5.18. The molecule has 23 heavy (non-hydrogen) atoms. The monoisotopic (exact) mass is 310 g/mol. The fourth-order valence-corrected chi connectivity index (χ4v) is 3.59. The number of allylic oxidation sites excluding steroid dienone is 9. The van der Waals surface area contributed by atoms with Crippen molar-refractivity contribution < 1.29 is 0 Å². The molecule has 0 aromatic carbocycles. The lowest BCUT2D eigenvalue weighted by Crippen LogP contribution is -2.01. The van der Waals surface area contributed by atoms with E-state index >= 15 is 0 Å². The molecule has 0 atom stereocenters. The summed E-state index contributed by atoms with van der Waals surface area (Å²) in [6.45, 7) is 8.72.